The molecule has 0 bridgehead atoms. The van der Waals surface area contributed by atoms with Crippen molar-refractivity contribution in [1.29, 1.82) is 0 Å². The minimum absolute atomic E-state index is 0.119. The molecule has 1 heterocycles. The third-order valence-electron chi connectivity index (χ3n) is 3.93. The van der Waals surface area contributed by atoms with Gasteiger partial charge < -0.3 is 15.2 Å². The van der Waals surface area contributed by atoms with Crippen LogP contribution in [0.15, 0.2) is 18.2 Å². The molecule has 1 saturated heterocycles. The van der Waals surface area contributed by atoms with Crippen molar-refractivity contribution in [2.75, 3.05) is 32.1 Å². The largest absolute Gasteiger partial charge is 0.335 e. The molecule has 1 aromatic rings. The van der Waals surface area contributed by atoms with Crippen molar-refractivity contribution in [3.8, 4) is 0 Å². The quantitative estimate of drug-likeness (QED) is 0.634. The zero-order chi connectivity index (χ0) is 14.7. The van der Waals surface area contributed by atoms with E-state index in [4.69, 9.17) is 5.84 Å². The summed E-state index contributed by atoms with van der Waals surface area (Å²) in [5.41, 5.74) is 5.15. The fourth-order valence-corrected chi connectivity index (χ4v) is 2.82. The van der Waals surface area contributed by atoms with Gasteiger partial charge in [0.15, 0.2) is 0 Å². The molecule has 0 aliphatic carbocycles. The number of hydrogen-bond donors (Lipinski definition) is 2. The molecule has 20 heavy (non-hydrogen) atoms. The minimum atomic E-state index is 0.119. The van der Waals surface area contributed by atoms with Crippen LogP contribution in [0.25, 0.3) is 0 Å². The molecule has 2 rings (SSSR count). The Morgan fingerprint density at radius 3 is 2.80 bits per heavy atom. The van der Waals surface area contributed by atoms with E-state index in [1.165, 1.54) is 0 Å². The highest BCUT2D eigenvalue weighted by Gasteiger charge is 2.25. The van der Waals surface area contributed by atoms with Crippen LogP contribution < -0.4 is 11.3 Å². The van der Waals surface area contributed by atoms with Crippen molar-refractivity contribution in [2.45, 2.75) is 26.3 Å². The molecule has 1 aliphatic rings. The predicted octanol–water partition coefficient (Wildman–Crippen LogP) is 1.45. The second kappa shape index (κ2) is 6.24. The maximum absolute atomic E-state index is 12.7. The Morgan fingerprint density at radius 1 is 1.40 bits per heavy atom. The molecular formula is C15H24N4O. The predicted molar refractivity (Wildman–Crippen MR) is 81.6 cm³/mol. The average Bonchev–Trinajstić information content (AvgIpc) is 2.58. The van der Waals surface area contributed by atoms with E-state index in [9.17, 15) is 4.79 Å². The van der Waals surface area contributed by atoms with Gasteiger partial charge in [0.25, 0.3) is 5.91 Å². The lowest BCUT2D eigenvalue weighted by Crippen LogP contribution is -2.42. The summed E-state index contributed by atoms with van der Waals surface area (Å²) in [7, 11) is 2.11. The Bertz CT molecular complexity index is 489. The van der Waals surface area contributed by atoms with E-state index in [-0.39, 0.29) is 11.9 Å². The Kier molecular flexibility index (Phi) is 4.62. The van der Waals surface area contributed by atoms with Crippen molar-refractivity contribution in [2.24, 2.45) is 5.84 Å². The van der Waals surface area contributed by atoms with Crippen LogP contribution >= 0.6 is 0 Å². The van der Waals surface area contributed by atoms with E-state index >= 15 is 0 Å². The summed E-state index contributed by atoms with van der Waals surface area (Å²) in [5.74, 6) is 5.51. The topological polar surface area (TPSA) is 61.6 Å². The summed E-state index contributed by atoms with van der Waals surface area (Å²) in [6.07, 6.45) is 1.02. The first-order valence-corrected chi connectivity index (χ1v) is 7.09. The van der Waals surface area contributed by atoms with Gasteiger partial charge in [0.05, 0.1) is 0 Å². The number of hydrazine groups is 1. The van der Waals surface area contributed by atoms with Crippen molar-refractivity contribution in [3.05, 3.63) is 29.3 Å². The fourth-order valence-electron chi connectivity index (χ4n) is 2.82. The highest BCUT2D eigenvalue weighted by atomic mass is 16.2. The molecule has 1 unspecified atom stereocenters. The number of nitrogens with one attached hydrogen (secondary N) is 1. The highest BCUT2D eigenvalue weighted by Crippen LogP contribution is 2.19. The van der Waals surface area contributed by atoms with Crippen LogP contribution in [0.2, 0.25) is 0 Å². The number of hydrogen-bond acceptors (Lipinski definition) is 4. The average molecular weight is 276 g/mol. The molecule has 1 fully saturated rings. The van der Waals surface area contributed by atoms with E-state index in [0.717, 1.165) is 42.9 Å². The van der Waals surface area contributed by atoms with Crippen molar-refractivity contribution in [3.63, 3.8) is 0 Å². The molecule has 5 nitrogen and oxygen atoms in total. The summed E-state index contributed by atoms with van der Waals surface area (Å²) in [5, 5.41) is 0. The van der Waals surface area contributed by atoms with Gasteiger partial charge in [-0.2, -0.15) is 0 Å². The number of anilines is 1. The number of carbonyl (C=O) groups excluding carboxylic acids is 1. The molecule has 1 aliphatic heterocycles. The molecular weight excluding hydrogens is 252 g/mol. The summed E-state index contributed by atoms with van der Waals surface area (Å²) in [6, 6.07) is 5.84. The van der Waals surface area contributed by atoms with Crippen LogP contribution in [0.3, 0.4) is 0 Å². The first-order chi connectivity index (χ1) is 9.52. The Balaban J connectivity index is 2.21. The van der Waals surface area contributed by atoms with Gasteiger partial charge in [0.1, 0.15) is 0 Å². The van der Waals surface area contributed by atoms with Gasteiger partial charge in [0, 0.05) is 30.4 Å². The van der Waals surface area contributed by atoms with Gasteiger partial charge >= 0.3 is 0 Å². The Morgan fingerprint density at radius 2 is 2.15 bits per heavy atom. The lowest BCUT2D eigenvalue weighted by atomic mass is 10.1. The molecule has 1 amide bonds. The van der Waals surface area contributed by atoms with Crippen LogP contribution in [-0.4, -0.2) is 48.4 Å². The van der Waals surface area contributed by atoms with E-state index < -0.39 is 0 Å². The number of likely N-dealkylation sites (N-methyl/N-ethyl adjacent to an activating group) is 1. The van der Waals surface area contributed by atoms with Crippen molar-refractivity contribution in [1.82, 2.24) is 9.80 Å². The number of amides is 1. The minimum Gasteiger partial charge on any atom is -0.335 e. The van der Waals surface area contributed by atoms with E-state index in [0.29, 0.717) is 0 Å². The standard InChI is InChI=1S/C15H24N4O/c1-11-9-13(17-16)5-6-14(11)15(20)19-8-4-7-18(3)10-12(19)2/h5-6,9,12,17H,4,7-8,10,16H2,1-3H3. The van der Waals surface area contributed by atoms with Gasteiger partial charge in [-0.1, -0.05) is 0 Å². The summed E-state index contributed by atoms with van der Waals surface area (Å²) < 4.78 is 0. The molecule has 1 atom stereocenters. The van der Waals surface area contributed by atoms with E-state index in [2.05, 4.69) is 24.3 Å². The summed E-state index contributed by atoms with van der Waals surface area (Å²) >= 11 is 0. The number of nitrogens with zero attached hydrogens (tertiary/aromatic N) is 2. The van der Waals surface area contributed by atoms with Gasteiger partial charge in [-0.3, -0.25) is 10.6 Å². The number of benzene rings is 1. The molecule has 0 spiro atoms. The third-order valence-corrected chi connectivity index (χ3v) is 3.93. The summed E-state index contributed by atoms with van der Waals surface area (Å²) in [4.78, 5) is 17.0. The normalized spacial score (nSPS) is 20.6. The van der Waals surface area contributed by atoms with Crippen LogP contribution in [0, 0.1) is 6.92 Å². The molecule has 0 saturated carbocycles. The molecule has 0 radical (unpaired) electrons. The number of nitrogens with two attached hydrogens (primary N) is 1. The lowest BCUT2D eigenvalue weighted by molar-refractivity contribution is 0.0696. The Labute approximate surface area is 120 Å². The van der Waals surface area contributed by atoms with Gasteiger partial charge in [-0.25, -0.2) is 0 Å². The maximum atomic E-state index is 12.7. The Hall–Kier alpha value is -1.59. The molecule has 110 valence electrons. The maximum Gasteiger partial charge on any atom is 0.254 e. The number of carbonyl (C=O) groups is 1. The lowest BCUT2D eigenvalue weighted by Gasteiger charge is -2.28. The second-order valence-corrected chi connectivity index (χ2v) is 5.64. The first-order valence-electron chi connectivity index (χ1n) is 7.09. The van der Waals surface area contributed by atoms with Crippen LogP contribution in [-0.2, 0) is 0 Å². The van der Waals surface area contributed by atoms with Crippen molar-refractivity contribution >= 4 is 11.6 Å². The van der Waals surface area contributed by atoms with Crippen LogP contribution in [0.4, 0.5) is 5.69 Å². The SMILES string of the molecule is Cc1cc(NN)ccc1C(=O)N1CCCN(C)CC1C. The van der Waals surface area contributed by atoms with Crippen LogP contribution in [0.5, 0.6) is 0 Å². The molecule has 1 aromatic carbocycles. The molecule has 5 heteroatoms. The molecule has 3 N–H and O–H groups in total. The summed E-state index contributed by atoms with van der Waals surface area (Å²) in [6.45, 7) is 6.85. The highest BCUT2D eigenvalue weighted by molar-refractivity contribution is 5.96. The number of rotatable bonds is 2. The second-order valence-electron chi connectivity index (χ2n) is 5.64. The monoisotopic (exact) mass is 276 g/mol. The third kappa shape index (κ3) is 3.11. The van der Waals surface area contributed by atoms with Gasteiger partial charge in [0.2, 0.25) is 0 Å². The number of aryl methyl sites for hydroxylation is 1. The smallest absolute Gasteiger partial charge is 0.254 e. The van der Waals surface area contributed by atoms with Crippen LogP contribution in [0.1, 0.15) is 29.3 Å². The molecule has 0 aromatic heterocycles. The number of nitrogen functional groups attached to an aromatic ring is 1. The first kappa shape index (κ1) is 14.8. The van der Waals surface area contributed by atoms with E-state index in [1.807, 2.05) is 30.0 Å². The van der Waals surface area contributed by atoms with Gasteiger partial charge in [-0.05, 0) is 57.6 Å². The fraction of sp³-hybridized carbons (Fsp3) is 0.533. The van der Waals surface area contributed by atoms with Crippen molar-refractivity contribution < 1.29 is 4.79 Å². The van der Waals surface area contributed by atoms with E-state index in [1.54, 1.807) is 0 Å². The zero-order valence-electron chi connectivity index (χ0n) is 12.5. The zero-order valence-corrected chi connectivity index (χ0v) is 12.5. The van der Waals surface area contributed by atoms with Gasteiger partial charge in [-0.15, -0.1) is 0 Å².